The second-order valence-corrected chi connectivity index (χ2v) is 7.40. The Hall–Kier alpha value is -2.24. The van der Waals surface area contributed by atoms with Crippen molar-refractivity contribution in [3.05, 3.63) is 58.5 Å². The van der Waals surface area contributed by atoms with Gasteiger partial charge in [-0.15, -0.1) is 0 Å². The normalized spacial score (nSPS) is 17.6. The van der Waals surface area contributed by atoms with Gasteiger partial charge in [-0.1, -0.05) is 17.7 Å². The first-order valence-electron chi connectivity index (χ1n) is 9.19. The van der Waals surface area contributed by atoms with Crippen molar-refractivity contribution in [3.63, 3.8) is 0 Å². The first-order chi connectivity index (χ1) is 13.1. The molecule has 1 aromatic carbocycles. The van der Waals surface area contributed by atoms with Crippen LogP contribution in [0.1, 0.15) is 35.8 Å². The monoisotopic (exact) mass is 385 g/mol. The number of imidazole rings is 1. The van der Waals surface area contributed by atoms with Gasteiger partial charge >= 0.3 is 0 Å². The lowest BCUT2D eigenvalue weighted by Gasteiger charge is -2.25. The Kier molecular flexibility index (Phi) is 4.98. The topological polar surface area (TPSA) is 39.0 Å². The van der Waals surface area contributed by atoms with Crippen molar-refractivity contribution in [1.29, 1.82) is 0 Å². The summed E-state index contributed by atoms with van der Waals surface area (Å²) >= 11 is 6.22. The van der Waals surface area contributed by atoms with Crippen LogP contribution in [0.15, 0.2) is 36.5 Å². The number of nitrogens with zero attached hydrogens (tertiary/aromatic N) is 3. The number of rotatable bonds is 5. The molecule has 27 heavy (non-hydrogen) atoms. The van der Waals surface area contributed by atoms with Gasteiger partial charge in [0.1, 0.15) is 5.65 Å². The summed E-state index contributed by atoms with van der Waals surface area (Å²) in [5.74, 6) is 1.54. The first kappa shape index (κ1) is 18.1. The maximum absolute atomic E-state index is 6.22. The molecule has 5 nitrogen and oxygen atoms in total. The Bertz CT molecular complexity index is 969. The number of fused-ring (bicyclic) bond motifs is 1. The van der Waals surface area contributed by atoms with Gasteiger partial charge in [0, 0.05) is 18.8 Å². The van der Waals surface area contributed by atoms with Crippen molar-refractivity contribution in [2.45, 2.75) is 32.4 Å². The summed E-state index contributed by atoms with van der Waals surface area (Å²) in [6, 6.07) is 10.4. The fourth-order valence-corrected chi connectivity index (χ4v) is 4.18. The van der Waals surface area contributed by atoms with E-state index in [4.69, 9.17) is 21.1 Å². The van der Waals surface area contributed by atoms with Crippen molar-refractivity contribution in [2.24, 2.45) is 0 Å². The van der Waals surface area contributed by atoms with Crippen LogP contribution in [-0.2, 0) is 6.54 Å². The maximum Gasteiger partial charge on any atom is 0.161 e. The number of ether oxygens (including phenoxy) is 2. The molecular weight excluding hydrogens is 362 g/mol. The van der Waals surface area contributed by atoms with Gasteiger partial charge in [-0.25, -0.2) is 4.98 Å². The molecule has 6 heteroatoms. The standard InChI is InChI=1S/C21H24ClN3O2/c1-14-18(25-12-16(22)7-9-21(25)23-14)13-24-10-4-5-17(24)15-6-8-19(26-2)20(11-15)27-3/h6-9,11-12,17H,4-5,10,13H2,1-3H3. The van der Waals surface area contributed by atoms with E-state index in [1.54, 1.807) is 14.2 Å². The third-order valence-corrected chi connectivity index (χ3v) is 5.61. The Morgan fingerprint density at radius 1 is 1.15 bits per heavy atom. The Morgan fingerprint density at radius 2 is 1.96 bits per heavy atom. The number of methoxy groups -OCH3 is 2. The minimum atomic E-state index is 0.356. The third-order valence-electron chi connectivity index (χ3n) is 5.39. The Balaban J connectivity index is 1.65. The van der Waals surface area contributed by atoms with Gasteiger partial charge in [-0.3, -0.25) is 4.90 Å². The molecule has 0 radical (unpaired) electrons. The van der Waals surface area contributed by atoms with Crippen LogP contribution in [0.3, 0.4) is 0 Å². The number of likely N-dealkylation sites (tertiary alicyclic amines) is 1. The summed E-state index contributed by atoms with van der Waals surface area (Å²) in [4.78, 5) is 7.20. The van der Waals surface area contributed by atoms with E-state index in [-0.39, 0.29) is 0 Å². The minimum absolute atomic E-state index is 0.356. The van der Waals surface area contributed by atoms with Gasteiger partial charge in [0.2, 0.25) is 0 Å². The minimum Gasteiger partial charge on any atom is -0.493 e. The van der Waals surface area contributed by atoms with Crippen molar-refractivity contribution in [3.8, 4) is 11.5 Å². The van der Waals surface area contributed by atoms with E-state index in [1.165, 1.54) is 17.7 Å². The zero-order valence-corrected chi connectivity index (χ0v) is 16.7. The fourth-order valence-electron chi connectivity index (χ4n) is 4.02. The van der Waals surface area contributed by atoms with Gasteiger partial charge in [-0.2, -0.15) is 0 Å². The van der Waals surface area contributed by atoms with E-state index in [0.717, 1.165) is 47.4 Å². The highest BCUT2D eigenvalue weighted by molar-refractivity contribution is 6.30. The maximum atomic E-state index is 6.22. The highest BCUT2D eigenvalue weighted by Crippen LogP contribution is 2.37. The molecule has 0 spiro atoms. The molecule has 1 saturated heterocycles. The van der Waals surface area contributed by atoms with Crippen LogP contribution in [0.4, 0.5) is 0 Å². The van der Waals surface area contributed by atoms with Crippen LogP contribution < -0.4 is 9.47 Å². The molecule has 0 aliphatic carbocycles. The molecule has 0 bridgehead atoms. The Labute approximate surface area is 164 Å². The Morgan fingerprint density at radius 3 is 2.74 bits per heavy atom. The number of halogens is 1. The average molecular weight is 386 g/mol. The number of aromatic nitrogens is 2. The molecule has 1 aliphatic rings. The lowest BCUT2D eigenvalue weighted by Crippen LogP contribution is -2.24. The van der Waals surface area contributed by atoms with Gasteiger partial charge in [-0.05, 0) is 56.1 Å². The van der Waals surface area contributed by atoms with Gasteiger partial charge in [0.05, 0.1) is 30.6 Å². The van der Waals surface area contributed by atoms with E-state index in [2.05, 4.69) is 33.3 Å². The molecule has 1 atom stereocenters. The predicted octanol–water partition coefficient (Wildman–Crippen LogP) is 4.65. The molecular formula is C21H24ClN3O2. The van der Waals surface area contributed by atoms with Crippen LogP contribution in [0.2, 0.25) is 5.02 Å². The van der Waals surface area contributed by atoms with E-state index < -0.39 is 0 Å². The largest absolute Gasteiger partial charge is 0.493 e. The summed E-state index contributed by atoms with van der Waals surface area (Å²) in [5, 5.41) is 0.721. The first-order valence-corrected chi connectivity index (χ1v) is 9.57. The van der Waals surface area contributed by atoms with E-state index in [9.17, 15) is 0 Å². The second kappa shape index (κ2) is 7.41. The molecule has 0 saturated carbocycles. The number of benzene rings is 1. The van der Waals surface area contributed by atoms with Crippen LogP contribution in [-0.4, -0.2) is 35.0 Å². The van der Waals surface area contributed by atoms with Gasteiger partial charge < -0.3 is 13.9 Å². The summed E-state index contributed by atoms with van der Waals surface area (Å²) in [5.41, 5.74) is 4.44. The smallest absolute Gasteiger partial charge is 0.161 e. The lowest BCUT2D eigenvalue weighted by molar-refractivity contribution is 0.243. The highest BCUT2D eigenvalue weighted by atomic mass is 35.5. The number of hydrogen-bond acceptors (Lipinski definition) is 4. The van der Waals surface area contributed by atoms with Crippen molar-refractivity contribution in [2.75, 3.05) is 20.8 Å². The molecule has 3 aromatic rings. The van der Waals surface area contributed by atoms with Gasteiger partial charge in [0.15, 0.2) is 11.5 Å². The van der Waals surface area contributed by atoms with E-state index >= 15 is 0 Å². The number of hydrogen-bond donors (Lipinski definition) is 0. The molecule has 1 aliphatic heterocycles. The fraction of sp³-hybridized carbons (Fsp3) is 0.381. The average Bonchev–Trinajstić information content (AvgIpc) is 3.26. The van der Waals surface area contributed by atoms with Crippen LogP contribution in [0.25, 0.3) is 5.65 Å². The predicted molar refractivity (Wildman–Crippen MR) is 107 cm³/mol. The van der Waals surface area contributed by atoms with Crippen molar-refractivity contribution in [1.82, 2.24) is 14.3 Å². The molecule has 2 aromatic heterocycles. The summed E-state index contributed by atoms with van der Waals surface area (Å²) in [6.07, 6.45) is 4.26. The van der Waals surface area contributed by atoms with Gasteiger partial charge in [0.25, 0.3) is 0 Å². The quantitative estimate of drug-likeness (QED) is 0.640. The van der Waals surface area contributed by atoms with Crippen molar-refractivity contribution >= 4 is 17.2 Å². The molecule has 142 valence electrons. The molecule has 4 rings (SSSR count). The molecule has 0 N–H and O–H groups in total. The van der Waals surface area contributed by atoms with E-state index in [1.807, 2.05) is 24.4 Å². The SMILES string of the molecule is COc1ccc(C2CCCN2Cc2c(C)nc3ccc(Cl)cn23)cc1OC. The van der Waals surface area contributed by atoms with Crippen LogP contribution in [0, 0.1) is 6.92 Å². The summed E-state index contributed by atoms with van der Waals surface area (Å²) in [7, 11) is 3.34. The lowest BCUT2D eigenvalue weighted by atomic mass is 10.0. The highest BCUT2D eigenvalue weighted by Gasteiger charge is 2.28. The number of pyridine rings is 1. The molecule has 1 fully saturated rings. The van der Waals surface area contributed by atoms with Crippen LogP contribution in [0.5, 0.6) is 11.5 Å². The van der Waals surface area contributed by atoms with Crippen molar-refractivity contribution < 1.29 is 9.47 Å². The summed E-state index contributed by atoms with van der Waals surface area (Å²) in [6.45, 7) is 3.97. The molecule has 0 amide bonds. The number of aryl methyl sites for hydroxylation is 1. The molecule has 1 unspecified atom stereocenters. The third kappa shape index (κ3) is 3.37. The zero-order valence-electron chi connectivity index (χ0n) is 15.9. The zero-order chi connectivity index (χ0) is 19.0. The second-order valence-electron chi connectivity index (χ2n) is 6.96. The summed E-state index contributed by atoms with van der Waals surface area (Å²) < 4.78 is 13.0. The molecule has 3 heterocycles. The van der Waals surface area contributed by atoms with E-state index in [0.29, 0.717) is 6.04 Å². The van der Waals surface area contributed by atoms with Crippen LogP contribution >= 0.6 is 11.6 Å².